The minimum Gasteiger partial charge on any atom is -0.353 e. The zero-order chi connectivity index (χ0) is 14.1. The molecule has 0 radical (unpaired) electrons. The average molecular weight is 274 g/mol. The lowest BCUT2D eigenvalue weighted by molar-refractivity contribution is 0.332. The third-order valence-electron chi connectivity index (χ3n) is 4.40. The van der Waals surface area contributed by atoms with Gasteiger partial charge < -0.3 is 10.2 Å². The molecule has 2 aromatic heterocycles. The molecule has 2 unspecified atom stereocenters. The third-order valence-corrected chi connectivity index (χ3v) is 4.40. The second-order valence-corrected chi connectivity index (χ2v) is 5.62. The molecule has 1 aliphatic rings. The molecule has 2 atom stereocenters. The number of piperidine rings is 1. The Labute approximate surface area is 119 Å². The maximum absolute atomic E-state index is 4.55. The molecule has 2 aromatic rings. The third kappa shape index (κ3) is 2.24. The molecule has 20 heavy (non-hydrogen) atoms. The maximum Gasteiger partial charge on any atom is 0.203 e. The fourth-order valence-electron chi connectivity index (χ4n) is 3.00. The molecule has 6 nitrogen and oxygen atoms in total. The first-order valence-electron chi connectivity index (χ1n) is 7.29. The lowest BCUT2D eigenvalue weighted by Crippen LogP contribution is -2.44. The highest BCUT2D eigenvalue weighted by Gasteiger charge is 2.26. The second kappa shape index (κ2) is 5.36. The fraction of sp³-hybridized carbons (Fsp3) is 0.643. The molecule has 1 fully saturated rings. The van der Waals surface area contributed by atoms with Crippen LogP contribution < -0.4 is 10.2 Å². The van der Waals surface area contributed by atoms with E-state index in [4.69, 9.17) is 0 Å². The van der Waals surface area contributed by atoms with E-state index in [2.05, 4.69) is 32.3 Å². The second-order valence-electron chi connectivity index (χ2n) is 5.62. The summed E-state index contributed by atoms with van der Waals surface area (Å²) in [5.74, 6) is 2.52. The summed E-state index contributed by atoms with van der Waals surface area (Å²) in [7, 11) is 2.03. The molecule has 1 N–H and O–H groups in total. The molecule has 0 saturated carbocycles. The van der Waals surface area contributed by atoms with Crippen LogP contribution in [0.5, 0.6) is 0 Å². The number of nitrogens with one attached hydrogen (secondary N) is 1. The van der Waals surface area contributed by atoms with Gasteiger partial charge in [-0.3, -0.25) is 4.40 Å². The van der Waals surface area contributed by atoms with Crippen LogP contribution in [0.25, 0.3) is 5.65 Å². The Morgan fingerprint density at radius 1 is 1.40 bits per heavy atom. The Bertz CT molecular complexity index is 592. The van der Waals surface area contributed by atoms with Gasteiger partial charge in [-0.1, -0.05) is 0 Å². The molecule has 108 valence electrons. The standard InChI is InChI=1S/C14H22N6/c1-10(15-3)12-5-4-7-19(9-12)13-14-18-17-11(2)20(14)8-6-16-13/h6,8,10,12,15H,4-5,7,9H2,1-3H3. The first kappa shape index (κ1) is 13.3. The van der Waals surface area contributed by atoms with Crippen molar-refractivity contribution in [2.45, 2.75) is 32.7 Å². The molecular weight excluding hydrogens is 252 g/mol. The summed E-state index contributed by atoms with van der Waals surface area (Å²) >= 11 is 0. The fourth-order valence-corrected chi connectivity index (χ4v) is 3.00. The van der Waals surface area contributed by atoms with Crippen molar-refractivity contribution in [2.75, 3.05) is 25.0 Å². The van der Waals surface area contributed by atoms with Gasteiger partial charge in [0.15, 0.2) is 5.82 Å². The number of fused-ring (bicyclic) bond motifs is 1. The van der Waals surface area contributed by atoms with Gasteiger partial charge in [0.05, 0.1) is 0 Å². The summed E-state index contributed by atoms with van der Waals surface area (Å²) in [5.41, 5.74) is 0.864. The first-order chi connectivity index (χ1) is 9.70. The summed E-state index contributed by atoms with van der Waals surface area (Å²) in [6.45, 7) is 6.29. The van der Waals surface area contributed by atoms with Gasteiger partial charge in [0.25, 0.3) is 0 Å². The normalized spacial score (nSPS) is 21.4. The first-order valence-corrected chi connectivity index (χ1v) is 7.29. The van der Waals surface area contributed by atoms with Gasteiger partial charge in [-0.05, 0) is 39.7 Å². The van der Waals surface area contributed by atoms with E-state index < -0.39 is 0 Å². The highest BCUT2D eigenvalue weighted by atomic mass is 15.3. The maximum atomic E-state index is 4.55. The van der Waals surface area contributed by atoms with E-state index in [0.717, 1.165) is 30.4 Å². The summed E-state index contributed by atoms with van der Waals surface area (Å²) in [5, 5.41) is 11.8. The Hall–Kier alpha value is -1.69. The molecular formula is C14H22N6. The highest BCUT2D eigenvalue weighted by molar-refractivity contribution is 5.63. The molecule has 6 heteroatoms. The van der Waals surface area contributed by atoms with Gasteiger partial charge >= 0.3 is 0 Å². The van der Waals surface area contributed by atoms with Crippen LogP contribution in [0.15, 0.2) is 12.4 Å². The van der Waals surface area contributed by atoms with Gasteiger partial charge in [-0.15, -0.1) is 10.2 Å². The van der Waals surface area contributed by atoms with Crippen molar-refractivity contribution in [3.63, 3.8) is 0 Å². The van der Waals surface area contributed by atoms with Crippen LogP contribution in [0.3, 0.4) is 0 Å². The summed E-state index contributed by atoms with van der Waals surface area (Å²) in [6.07, 6.45) is 6.23. The van der Waals surface area contributed by atoms with Gasteiger partial charge in [-0.25, -0.2) is 4.98 Å². The smallest absolute Gasteiger partial charge is 0.203 e. The van der Waals surface area contributed by atoms with Crippen LogP contribution in [0.2, 0.25) is 0 Å². The topological polar surface area (TPSA) is 58.4 Å². The molecule has 0 aliphatic carbocycles. The molecule has 1 aliphatic heterocycles. The molecule has 0 aromatic carbocycles. The number of hydrogen-bond acceptors (Lipinski definition) is 5. The van der Waals surface area contributed by atoms with Crippen molar-refractivity contribution in [1.82, 2.24) is 24.9 Å². The van der Waals surface area contributed by atoms with E-state index in [1.54, 1.807) is 0 Å². The Kier molecular flexibility index (Phi) is 3.56. The van der Waals surface area contributed by atoms with Crippen molar-refractivity contribution in [2.24, 2.45) is 5.92 Å². The van der Waals surface area contributed by atoms with Crippen molar-refractivity contribution in [3.05, 3.63) is 18.2 Å². The lowest BCUT2D eigenvalue weighted by Gasteiger charge is -2.36. The Balaban J connectivity index is 1.90. The highest BCUT2D eigenvalue weighted by Crippen LogP contribution is 2.26. The van der Waals surface area contributed by atoms with Gasteiger partial charge in [0, 0.05) is 31.5 Å². The average Bonchev–Trinajstić information content (AvgIpc) is 2.88. The van der Waals surface area contributed by atoms with E-state index >= 15 is 0 Å². The Morgan fingerprint density at radius 3 is 3.05 bits per heavy atom. The minimum atomic E-state index is 0.525. The van der Waals surface area contributed by atoms with Gasteiger partial charge in [0.2, 0.25) is 5.65 Å². The molecule has 0 amide bonds. The Morgan fingerprint density at radius 2 is 2.25 bits per heavy atom. The number of aromatic nitrogens is 4. The minimum absolute atomic E-state index is 0.525. The summed E-state index contributed by atoms with van der Waals surface area (Å²) < 4.78 is 2.01. The molecule has 0 spiro atoms. The monoisotopic (exact) mass is 274 g/mol. The van der Waals surface area contributed by atoms with Crippen molar-refractivity contribution < 1.29 is 0 Å². The largest absolute Gasteiger partial charge is 0.353 e. The van der Waals surface area contributed by atoms with Crippen LogP contribution in [0.1, 0.15) is 25.6 Å². The SMILES string of the molecule is CNC(C)C1CCCN(c2nccn3c(C)nnc23)C1. The van der Waals surface area contributed by atoms with E-state index in [1.165, 1.54) is 12.8 Å². The summed E-state index contributed by atoms with van der Waals surface area (Å²) in [6, 6.07) is 0.525. The van der Waals surface area contributed by atoms with E-state index in [1.807, 2.05) is 30.8 Å². The van der Waals surface area contributed by atoms with Crippen molar-refractivity contribution in [3.8, 4) is 0 Å². The molecule has 1 saturated heterocycles. The van der Waals surface area contributed by atoms with Crippen LogP contribution >= 0.6 is 0 Å². The van der Waals surface area contributed by atoms with Crippen LogP contribution in [-0.4, -0.2) is 45.8 Å². The predicted octanol–water partition coefficient (Wildman–Crippen LogP) is 1.26. The van der Waals surface area contributed by atoms with E-state index in [0.29, 0.717) is 12.0 Å². The number of nitrogens with zero attached hydrogens (tertiary/aromatic N) is 5. The van der Waals surface area contributed by atoms with Crippen LogP contribution in [0, 0.1) is 12.8 Å². The number of rotatable bonds is 3. The zero-order valence-electron chi connectivity index (χ0n) is 12.4. The molecule has 3 heterocycles. The van der Waals surface area contributed by atoms with E-state index in [9.17, 15) is 0 Å². The number of anilines is 1. The zero-order valence-corrected chi connectivity index (χ0v) is 12.4. The molecule has 0 bridgehead atoms. The van der Waals surface area contributed by atoms with Crippen LogP contribution in [-0.2, 0) is 0 Å². The summed E-state index contributed by atoms with van der Waals surface area (Å²) in [4.78, 5) is 6.90. The van der Waals surface area contributed by atoms with Crippen LogP contribution in [0.4, 0.5) is 5.82 Å². The number of aryl methyl sites for hydroxylation is 1. The van der Waals surface area contributed by atoms with Crippen molar-refractivity contribution >= 4 is 11.5 Å². The predicted molar refractivity (Wildman–Crippen MR) is 79.0 cm³/mol. The van der Waals surface area contributed by atoms with E-state index in [-0.39, 0.29) is 0 Å². The van der Waals surface area contributed by atoms with Gasteiger partial charge in [-0.2, -0.15) is 0 Å². The number of hydrogen-bond donors (Lipinski definition) is 1. The molecule has 3 rings (SSSR count). The quantitative estimate of drug-likeness (QED) is 0.913. The van der Waals surface area contributed by atoms with Gasteiger partial charge in [0.1, 0.15) is 5.82 Å². The lowest BCUT2D eigenvalue weighted by atomic mass is 9.92. The van der Waals surface area contributed by atoms with Crippen molar-refractivity contribution in [1.29, 1.82) is 0 Å².